The molecule has 9 heavy (non-hydrogen) atoms. The number of Topliss-reactive ketones (excluding diaryl/α,β-unsaturated/α-hetero) is 1. The van der Waals surface area contributed by atoms with Crippen LogP contribution in [0.4, 0.5) is 0 Å². The molecule has 1 N–H and O–H groups in total. The lowest BCUT2D eigenvalue weighted by Gasteiger charge is -1.97. The van der Waals surface area contributed by atoms with E-state index in [0.717, 1.165) is 6.54 Å². The maximum Gasteiger partial charge on any atom is 0.155 e. The Morgan fingerprint density at radius 3 is 2.89 bits per heavy atom. The van der Waals surface area contributed by atoms with Crippen molar-refractivity contribution in [3.05, 3.63) is 0 Å². The van der Waals surface area contributed by atoms with Crippen LogP contribution in [0.1, 0.15) is 6.92 Å². The van der Waals surface area contributed by atoms with E-state index < -0.39 is 0 Å². The maximum atomic E-state index is 10.3. The molecule has 0 spiro atoms. The fourth-order valence-electron chi connectivity index (χ4n) is 0.327. The first-order chi connectivity index (χ1) is 4.27. The highest BCUT2D eigenvalue weighted by atomic mass is 127. The average molecular weight is 243 g/mol. The van der Waals surface area contributed by atoms with Gasteiger partial charge in [0.1, 0.15) is 6.61 Å². The third kappa shape index (κ3) is 8.32. The summed E-state index contributed by atoms with van der Waals surface area (Å²) in [6, 6.07) is 0. The smallest absolute Gasteiger partial charge is 0.155 e. The molecule has 4 heteroatoms. The fourth-order valence-corrected chi connectivity index (χ4v) is 0.547. The zero-order chi connectivity index (χ0) is 7.11. The Balaban J connectivity index is 2.83. The molecule has 0 aromatic heterocycles. The molecule has 0 saturated heterocycles. The van der Waals surface area contributed by atoms with Crippen molar-refractivity contribution in [2.24, 2.45) is 0 Å². The lowest BCUT2D eigenvalue weighted by molar-refractivity contribution is -0.121. The minimum Gasteiger partial charge on any atom is -0.372 e. The molecule has 0 aliphatic heterocycles. The summed E-state index contributed by atoms with van der Waals surface area (Å²) >= 11 is 2.03. The summed E-state index contributed by atoms with van der Waals surface area (Å²) in [5.74, 6) is 0.0726. The van der Waals surface area contributed by atoms with Crippen LogP contribution in [0.5, 0.6) is 0 Å². The summed E-state index contributed by atoms with van der Waals surface area (Å²) in [5, 5.41) is 0. The van der Waals surface area contributed by atoms with E-state index >= 15 is 0 Å². The number of halogens is 1. The van der Waals surface area contributed by atoms with Crippen LogP contribution in [-0.4, -0.2) is 25.5 Å². The van der Waals surface area contributed by atoms with Gasteiger partial charge in [0, 0.05) is 29.4 Å². The Morgan fingerprint density at radius 1 is 1.78 bits per heavy atom. The number of carbonyl (C=O) groups is 1. The molecule has 0 radical (unpaired) electrons. The van der Waals surface area contributed by atoms with E-state index in [2.05, 4.69) is 3.53 Å². The molecule has 54 valence electrons. The van der Waals surface area contributed by atoms with E-state index in [1.54, 1.807) is 0 Å². The van der Waals surface area contributed by atoms with Gasteiger partial charge in [-0.3, -0.25) is 8.32 Å². The molecule has 0 amide bonds. The molecule has 0 aromatic carbocycles. The Kier molecular flexibility index (Phi) is 6.67. The van der Waals surface area contributed by atoms with Crippen LogP contribution in [0.2, 0.25) is 0 Å². The zero-order valence-electron chi connectivity index (χ0n) is 5.32. The van der Waals surface area contributed by atoms with E-state index in [1.807, 2.05) is 22.9 Å². The molecule has 0 rings (SSSR count). The highest BCUT2D eigenvalue weighted by Gasteiger charge is 1.90. The predicted octanol–water partition coefficient (Wildman–Crippen LogP) is 0.532. The molecular weight excluding hydrogens is 233 g/mol. The highest BCUT2D eigenvalue weighted by molar-refractivity contribution is 14.1. The average Bonchev–Trinajstić information content (AvgIpc) is 1.80. The maximum absolute atomic E-state index is 10.3. The van der Waals surface area contributed by atoms with Crippen LogP contribution in [0.15, 0.2) is 0 Å². The molecule has 0 fully saturated rings. The second-order valence-electron chi connectivity index (χ2n) is 1.64. The van der Waals surface area contributed by atoms with E-state index in [1.165, 1.54) is 6.92 Å². The van der Waals surface area contributed by atoms with Gasteiger partial charge in [0.2, 0.25) is 0 Å². The first-order valence-electron chi connectivity index (χ1n) is 2.68. The van der Waals surface area contributed by atoms with Crippen molar-refractivity contribution in [1.29, 1.82) is 0 Å². The van der Waals surface area contributed by atoms with Crippen LogP contribution in [-0.2, 0) is 9.53 Å². The van der Waals surface area contributed by atoms with Gasteiger partial charge in [-0.05, 0) is 6.92 Å². The number of ether oxygens (including phenoxy) is 1. The minimum absolute atomic E-state index is 0.0726. The van der Waals surface area contributed by atoms with Gasteiger partial charge >= 0.3 is 0 Å². The summed E-state index contributed by atoms with van der Waals surface area (Å²) in [5.41, 5.74) is 0. The Hall–Kier alpha value is 0.320. The quantitative estimate of drug-likeness (QED) is 0.435. The van der Waals surface area contributed by atoms with Crippen LogP contribution in [0.25, 0.3) is 0 Å². The number of rotatable bonds is 5. The summed E-state index contributed by atoms with van der Waals surface area (Å²) in [7, 11) is 0. The molecule has 0 aliphatic carbocycles. The molecule has 0 heterocycles. The second kappa shape index (κ2) is 6.44. The lowest BCUT2D eigenvalue weighted by atomic mass is 10.5. The number of nitrogens with one attached hydrogen (secondary N) is 1. The van der Waals surface area contributed by atoms with Crippen molar-refractivity contribution in [1.82, 2.24) is 3.53 Å². The van der Waals surface area contributed by atoms with E-state index in [0.29, 0.717) is 6.61 Å². The summed E-state index contributed by atoms with van der Waals surface area (Å²) in [4.78, 5) is 10.3. The summed E-state index contributed by atoms with van der Waals surface area (Å²) in [6.07, 6.45) is 0. The highest BCUT2D eigenvalue weighted by Crippen LogP contribution is 1.76. The van der Waals surface area contributed by atoms with E-state index in [4.69, 9.17) is 4.74 Å². The van der Waals surface area contributed by atoms with Crippen LogP contribution in [0, 0.1) is 0 Å². The molecule has 0 unspecified atom stereocenters. The molecule has 0 aromatic rings. The van der Waals surface area contributed by atoms with Crippen molar-refractivity contribution in [2.75, 3.05) is 19.8 Å². The standard InChI is InChI=1S/C5H10INO2/c1-5(8)4-9-3-2-7-6/h7H,2-4H2,1H3. The SMILES string of the molecule is CC(=O)COCCNI. The van der Waals surface area contributed by atoms with Crippen molar-refractivity contribution < 1.29 is 9.53 Å². The van der Waals surface area contributed by atoms with Crippen LogP contribution >= 0.6 is 22.9 Å². The monoisotopic (exact) mass is 243 g/mol. The van der Waals surface area contributed by atoms with Crippen molar-refractivity contribution in [3.8, 4) is 0 Å². The van der Waals surface area contributed by atoms with Crippen molar-refractivity contribution >= 4 is 28.6 Å². The Bertz CT molecular complexity index is 87.0. The van der Waals surface area contributed by atoms with Crippen LogP contribution in [0.3, 0.4) is 0 Å². The predicted molar refractivity (Wildman–Crippen MR) is 43.5 cm³/mol. The van der Waals surface area contributed by atoms with Crippen molar-refractivity contribution in [2.45, 2.75) is 6.92 Å². The first kappa shape index (κ1) is 9.32. The number of ketones is 1. The topological polar surface area (TPSA) is 38.3 Å². The van der Waals surface area contributed by atoms with Gasteiger partial charge in [-0.2, -0.15) is 0 Å². The molecule has 3 nitrogen and oxygen atoms in total. The van der Waals surface area contributed by atoms with Gasteiger partial charge in [-0.1, -0.05) is 0 Å². The third-order valence-corrected chi connectivity index (χ3v) is 1.19. The van der Waals surface area contributed by atoms with Gasteiger partial charge in [-0.15, -0.1) is 0 Å². The van der Waals surface area contributed by atoms with Gasteiger partial charge < -0.3 is 4.74 Å². The van der Waals surface area contributed by atoms with E-state index in [-0.39, 0.29) is 12.4 Å². The van der Waals surface area contributed by atoms with Crippen LogP contribution < -0.4 is 3.53 Å². The van der Waals surface area contributed by atoms with Gasteiger partial charge in [-0.25, -0.2) is 0 Å². The normalized spacial score (nSPS) is 9.56. The number of hydrogen-bond donors (Lipinski definition) is 1. The Labute approximate surface area is 68.6 Å². The van der Waals surface area contributed by atoms with Gasteiger partial charge in [0.05, 0.1) is 6.61 Å². The summed E-state index contributed by atoms with van der Waals surface area (Å²) in [6.45, 7) is 3.13. The zero-order valence-corrected chi connectivity index (χ0v) is 7.47. The molecule has 0 aliphatic rings. The number of hydrogen-bond acceptors (Lipinski definition) is 3. The summed E-state index contributed by atoms with van der Waals surface area (Å²) < 4.78 is 7.79. The van der Waals surface area contributed by atoms with Gasteiger partial charge in [0.15, 0.2) is 5.78 Å². The van der Waals surface area contributed by atoms with Crippen molar-refractivity contribution in [3.63, 3.8) is 0 Å². The molecule has 0 bridgehead atoms. The second-order valence-corrected chi connectivity index (χ2v) is 2.40. The van der Waals surface area contributed by atoms with Gasteiger partial charge in [0.25, 0.3) is 0 Å². The lowest BCUT2D eigenvalue weighted by Crippen LogP contribution is -2.12. The molecule has 0 saturated carbocycles. The fraction of sp³-hybridized carbons (Fsp3) is 0.800. The Morgan fingerprint density at radius 2 is 2.44 bits per heavy atom. The van der Waals surface area contributed by atoms with E-state index in [9.17, 15) is 4.79 Å². The third-order valence-electron chi connectivity index (χ3n) is 0.646. The largest absolute Gasteiger partial charge is 0.372 e. The molecular formula is C5H10INO2. The number of carbonyl (C=O) groups excluding carboxylic acids is 1. The minimum atomic E-state index is 0.0726. The molecule has 0 atom stereocenters. The first-order valence-corrected chi connectivity index (χ1v) is 3.76.